The Morgan fingerprint density at radius 1 is 0.692 bits per heavy atom. The molecule has 3 N–H and O–H groups in total. The van der Waals surface area contributed by atoms with Gasteiger partial charge in [0, 0.05) is 5.56 Å². The first-order valence-electron chi connectivity index (χ1n) is 25.3. The molecule has 6 rings (SSSR count). The maximum Gasteiger partial charge on any atom is 0.366 e. The number of esters is 3. The number of carbonyl (C=O) groups excluding carboxylic acids is 8. The van der Waals surface area contributed by atoms with Crippen molar-refractivity contribution in [1.29, 1.82) is 0 Å². The van der Waals surface area contributed by atoms with Crippen LogP contribution in [0.3, 0.4) is 0 Å². The highest BCUT2D eigenvalue weighted by molar-refractivity contribution is 6.00. The van der Waals surface area contributed by atoms with Crippen LogP contribution in [0.25, 0.3) is 11.3 Å². The highest BCUT2D eigenvalue weighted by atomic mass is 19.1. The molecule has 0 saturated heterocycles. The molecule has 0 saturated carbocycles. The SMILES string of the molecule is CCCCCC(C(=O)NCNC(=O)c1ccc(-c2ccc(C(=O)NC(CC(=O)OCc3ccccc3)C(=O)OCc3ccccc3)c(OCC(=O)OCc3ccccc3)c2)o1)[C@@H](CC)N(C=O)OC(=O)c1c(C)cccc1F. The van der Waals surface area contributed by atoms with E-state index in [4.69, 9.17) is 28.2 Å². The second-order valence-electron chi connectivity index (χ2n) is 17.9. The van der Waals surface area contributed by atoms with E-state index in [0.29, 0.717) is 29.5 Å². The Bertz CT molecular complexity index is 2970. The molecule has 408 valence electrons. The van der Waals surface area contributed by atoms with E-state index < -0.39 is 78.4 Å². The van der Waals surface area contributed by atoms with Crippen molar-refractivity contribution in [2.24, 2.45) is 5.92 Å². The minimum absolute atomic E-state index is 0.0582. The van der Waals surface area contributed by atoms with E-state index in [2.05, 4.69) is 16.0 Å². The molecule has 0 aliphatic rings. The normalized spacial score (nSPS) is 11.9. The first-order chi connectivity index (χ1) is 37.8. The largest absolute Gasteiger partial charge is 0.481 e. The van der Waals surface area contributed by atoms with Crippen molar-refractivity contribution in [2.75, 3.05) is 13.3 Å². The molecule has 0 radical (unpaired) electrons. The molecule has 4 amide bonds. The number of amides is 4. The number of hydroxylamine groups is 2. The van der Waals surface area contributed by atoms with E-state index in [1.165, 1.54) is 49.4 Å². The van der Waals surface area contributed by atoms with Gasteiger partial charge in [-0.25, -0.2) is 18.8 Å². The zero-order valence-electron chi connectivity index (χ0n) is 43.4. The number of ether oxygens (including phenoxy) is 4. The zero-order valence-corrected chi connectivity index (χ0v) is 43.4. The molecule has 0 aliphatic heterocycles. The molecule has 5 aromatic carbocycles. The van der Waals surface area contributed by atoms with Crippen LogP contribution in [0.2, 0.25) is 0 Å². The average Bonchev–Trinajstić information content (AvgIpc) is 3.99. The van der Waals surface area contributed by atoms with Gasteiger partial charge in [-0.1, -0.05) is 142 Å². The summed E-state index contributed by atoms with van der Waals surface area (Å²) in [5, 5.41) is 8.54. The van der Waals surface area contributed by atoms with E-state index in [0.717, 1.165) is 29.5 Å². The summed E-state index contributed by atoms with van der Waals surface area (Å²) < 4.78 is 42.8. The van der Waals surface area contributed by atoms with E-state index in [1.807, 2.05) is 13.0 Å². The lowest BCUT2D eigenvalue weighted by atomic mass is 9.90. The van der Waals surface area contributed by atoms with Crippen LogP contribution in [0, 0.1) is 18.7 Å². The molecule has 2 unspecified atom stereocenters. The van der Waals surface area contributed by atoms with E-state index in [1.54, 1.807) is 91.9 Å². The molecule has 19 heteroatoms. The van der Waals surface area contributed by atoms with Crippen molar-refractivity contribution in [3.05, 3.63) is 184 Å². The number of hydrogen-bond acceptors (Lipinski definition) is 14. The van der Waals surface area contributed by atoms with Crippen LogP contribution in [0.5, 0.6) is 5.75 Å². The second kappa shape index (κ2) is 29.8. The van der Waals surface area contributed by atoms with Crippen molar-refractivity contribution in [3.63, 3.8) is 0 Å². The van der Waals surface area contributed by atoms with Crippen LogP contribution in [0.4, 0.5) is 4.39 Å². The standard InChI is InChI=1S/C59H61FN4O14/c1-4-6-10-25-44(48(5-2)64(38-65)78-59(72)54-39(3)18-17-26-46(54)60)55(68)61-37-62-57(70)50-30-29-49(77-50)43-27-28-45(51(31-43)73-36-53(67)75-34-41-21-13-8-14-22-41)56(69)63-47(58(71)76-35-42-23-15-9-16-24-42)32-52(66)74-33-40-19-11-7-12-20-40/h7-9,11-24,26-31,38,44,47-48H,4-6,10,25,32-37H2,1-3H3,(H,61,68)(H,62,70)(H,63,69)/t44?,47?,48-/m1/s1. The maximum atomic E-state index is 14.6. The number of benzene rings is 5. The number of nitrogens with one attached hydrogen (secondary N) is 3. The van der Waals surface area contributed by atoms with Crippen molar-refractivity contribution < 1.29 is 70.9 Å². The lowest BCUT2D eigenvalue weighted by Gasteiger charge is -2.32. The summed E-state index contributed by atoms with van der Waals surface area (Å²) >= 11 is 0. The van der Waals surface area contributed by atoms with Crippen LogP contribution >= 0.6 is 0 Å². The summed E-state index contributed by atoms with van der Waals surface area (Å²) in [5.41, 5.74) is 2.14. The van der Waals surface area contributed by atoms with Crippen LogP contribution in [-0.2, 0) is 62.8 Å². The number of rotatable bonds is 29. The molecule has 1 heterocycles. The number of aryl methyl sites for hydroxylation is 1. The van der Waals surface area contributed by atoms with Gasteiger partial charge in [0.1, 0.15) is 48.8 Å². The van der Waals surface area contributed by atoms with Gasteiger partial charge in [0.25, 0.3) is 11.8 Å². The highest BCUT2D eigenvalue weighted by Crippen LogP contribution is 2.30. The number of furan rings is 1. The quantitative estimate of drug-likeness (QED) is 0.00998. The molecular weight excluding hydrogens is 1010 g/mol. The molecular formula is C59H61FN4O14. The van der Waals surface area contributed by atoms with Gasteiger partial charge in [-0.05, 0) is 72.4 Å². The minimum atomic E-state index is -1.53. The molecule has 0 fully saturated rings. The Morgan fingerprint density at radius 2 is 1.32 bits per heavy atom. The van der Waals surface area contributed by atoms with Gasteiger partial charge >= 0.3 is 23.9 Å². The molecule has 1 aromatic heterocycles. The Labute approximate surface area is 450 Å². The van der Waals surface area contributed by atoms with Crippen molar-refractivity contribution in [3.8, 4) is 17.1 Å². The third kappa shape index (κ3) is 17.2. The lowest BCUT2D eigenvalue weighted by molar-refractivity contribution is -0.171. The molecule has 3 atom stereocenters. The fraction of sp³-hybridized carbons (Fsp3) is 0.288. The fourth-order valence-electron chi connectivity index (χ4n) is 8.12. The summed E-state index contributed by atoms with van der Waals surface area (Å²) in [7, 11) is 0. The number of halogens is 1. The predicted molar refractivity (Wildman–Crippen MR) is 281 cm³/mol. The Hall–Kier alpha value is -9.13. The smallest absolute Gasteiger partial charge is 0.366 e. The van der Waals surface area contributed by atoms with Gasteiger partial charge < -0.3 is 44.2 Å². The van der Waals surface area contributed by atoms with Gasteiger partial charge in [-0.3, -0.25) is 24.0 Å². The summed E-state index contributed by atoms with van der Waals surface area (Å²) in [6.07, 6.45) is 2.33. The minimum Gasteiger partial charge on any atom is -0.481 e. The molecule has 0 aliphatic carbocycles. The molecule has 78 heavy (non-hydrogen) atoms. The first kappa shape index (κ1) is 58.1. The van der Waals surface area contributed by atoms with Gasteiger partial charge in [0.2, 0.25) is 12.3 Å². The van der Waals surface area contributed by atoms with E-state index in [-0.39, 0.29) is 73.3 Å². The van der Waals surface area contributed by atoms with Crippen LogP contribution in [-0.4, -0.2) is 78.4 Å². The Balaban J connectivity index is 1.16. The number of hydrogen-bond donors (Lipinski definition) is 3. The van der Waals surface area contributed by atoms with Crippen LogP contribution < -0.4 is 20.7 Å². The number of carbonyl (C=O) groups is 8. The summed E-state index contributed by atoms with van der Waals surface area (Å²) in [5.74, 6) is -7.74. The van der Waals surface area contributed by atoms with Gasteiger partial charge in [0.15, 0.2) is 12.4 Å². The first-order valence-corrected chi connectivity index (χ1v) is 25.3. The zero-order chi connectivity index (χ0) is 55.8. The van der Waals surface area contributed by atoms with Gasteiger partial charge in [-0.15, -0.1) is 0 Å². The van der Waals surface area contributed by atoms with Crippen molar-refractivity contribution >= 4 is 48.0 Å². The molecule has 18 nitrogen and oxygen atoms in total. The summed E-state index contributed by atoms with van der Waals surface area (Å²) in [6.45, 7) is 3.87. The summed E-state index contributed by atoms with van der Waals surface area (Å²) in [4.78, 5) is 112. The number of unbranched alkanes of at least 4 members (excludes halogenated alkanes) is 2. The molecule has 6 aromatic rings. The van der Waals surface area contributed by atoms with Crippen LogP contribution in [0.1, 0.15) is 106 Å². The molecule has 0 spiro atoms. The highest BCUT2D eigenvalue weighted by Gasteiger charge is 2.35. The average molecular weight is 1070 g/mol. The number of nitrogens with zero attached hydrogens (tertiary/aromatic N) is 1. The Kier molecular flexibility index (Phi) is 22.2. The summed E-state index contributed by atoms with van der Waals surface area (Å²) in [6, 6.07) is 35.2. The predicted octanol–water partition coefficient (Wildman–Crippen LogP) is 8.50. The van der Waals surface area contributed by atoms with Crippen LogP contribution in [0.15, 0.2) is 144 Å². The molecule has 0 bridgehead atoms. The van der Waals surface area contributed by atoms with Gasteiger partial charge in [0.05, 0.1) is 30.6 Å². The van der Waals surface area contributed by atoms with E-state index >= 15 is 0 Å². The maximum absolute atomic E-state index is 14.6. The third-order valence-corrected chi connectivity index (χ3v) is 12.3. The fourth-order valence-corrected chi connectivity index (χ4v) is 8.12. The van der Waals surface area contributed by atoms with E-state index in [9.17, 15) is 42.7 Å². The lowest BCUT2D eigenvalue weighted by Crippen LogP contribution is -2.49. The topological polar surface area (TPSA) is 235 Å². The Morgan fingerprint density at radius 3 is 1.92 bits per heavy atom. The van der Waals surface area contributed by atoms with Gasteiger partial charge in [-0.2, -0.15) is 5.06 Å². The van der Waals surface area contributed by atoms with Crippen molar-refractivity contribution in [1.82, 2.24) is 21.0 Å². The van der Waals surface area contributed by atoms with Crippen molar-refractivity contribution in [2.45, 2.75) is 91.2 Å². The monoisotopic (exact) mass is 1070 g/mol. The second-order valence-corrected chi connectivity index (χ2v) is 17.9. The third-order valence-electron chi connectivity index (χ3n) is 12.3.